The molecular weight excluding hydrogens is 305 g/mol. The van der Waals surface area contributed by atoms with Crippen LogP contribution in [-0.2, 0) is 9.53 Å². The molecule has 0 aliphatic heterocycles. The summed E-state index contributed by atoms with van der Waals surface area (Å²) in [6, 6.07) is 4.84. The number of benzene rings is 1. The van der Waals surface area contributed by atoms with Gasteiger partial charge in [0.1, 0.15) is 0 Å². The van der Waals surface area contributed by atoms with Gasteiger partial charge in [-0.25, -0.2) is 0 Å². The summed E-state index contributed by atoms with van der Waals surface area (Å²) in [7, 11) is 1.35. The normalized spacial score (nSPS) is 13.3. The zero-order chi connectivity index (χ0) is 13.2. The highest BCUT2D eigenvalue weighted by Gasteiger charge is 2.37. The molecule has 0 amide bonds. The molecule has 0 spiro atoms. The predicted molar refractivity (Wildman–Crippen MR) is 71.9 cm³/mol. The first-order chi connectivity index (χ1) is 7.80. The summed E-state index contributed by atoms with van der Waals surface area (Å²) in [4.78, 5) is 11.7. The molecule has 17 heavy (non-hydrogen) atoms. The molecule has 0 unspecified atom stereocenters. The van der Waals surface area contributed by atoms with Crippen LogP contribution in [0.5, 0.6) is 0 Å². The number of nitrogens with two attached hydrogens (primary N) is 1. The average Bonchev–Trinajstić information content (AvgIpc) is 2.27. The number of methoxy groups -OCH3 is 1. The summed E-state index contributed by atoms with van der Waals surface area (Å²) in [6.07, 6.45) is 0. The molecule has 1 rings (SSSR count). The Morgan fingerprint density at radius 1 is 1.53 bits per heavy atom. The second-order valence-electron chi connectivity index (χ2n) is 4.36. The summed E-state index contributed by atoms with van der Waals surface area (Å²) in [5.41, 5.74) is 6.15. The summed E-state index contributed by atoms with van der Waals surface area (Å²) in [5, 5.41) is 0.615. The lowest BCUT2D eigenvalue weighted by molar-refractivity contribution is -0.152. The van der Waals surface area contributed by atoms with Crippen LogP contribution in [0.3, 0.4) is 0 Å². The standard InChI is InChI=1S/C12H15BrClNO2/c1-12(2,11(16)17-3)10(15)8-5-4-7(14)6-9(8)13/h4-6,10H,15H2,1-3H3/t10-/m0/s1. The second kappa shape index (κ2) is 5.38. The fourth-order valence-electron chi connectivity index (χ4n) is 1.53. The van der Waals surface area contributed by atoms with Crippen LogP contribution >= 0.6 is 27.5 Å². The third-order valence-electron chi connectivity index (χ3n) is 2.79. The van der Waals surface area contributed by atoms with Gasteiger partial charge < -0.3 is 10.5 Å². The molecule has 0 aliphatic carbocycles. The summed E-state index contributed by atoms with van der Waals surface area (Å²) >= 11 is 9.26. The first kappa shape index (κ1) is 14.5. The number of hydrogen-bond donors (Lipinski definition) is 1. The molecule has 94 valence electrons. The smallest absolute Gasteiger partial charge is 0.313 e. The van der Waals surface area contributed by atoms with Gasteiger partial charge in [-0.2, -0.15) is 0 Å². The zero-order valence-electron chi connectivity index (χ0n) is 9.96. The number of esters is 1. The lowest BCUT2D eigenvalue weighted by Gasteiger charge is -2.29. The van der Waals surface area contributed by atoms with Gasteiger partial charge >= 0.3 is 5.97 Å². The van der Waals surface area contributed by atoms with Crippen LogP contribution in [0, 0.1) is 5.41 Å². The van der Waals surface area contributed by atoms with Crippen molar-refractivity contribution in [2.45, 2.75) is 19.9 Å². The molecule has 0 radical (unpaired) electrons. The van der Waals surface area contributed by atoms with E-state index in [0.717, 1.165) is 10.0 Å². The van der Waals surface area contributed by atoms with Crippen LogP contribution in [0.15, 0.2) is 22.7 Å². The van der Waals surface area contributed by atoms with Crippen molar-refractivity contribution in [3.05, 3.63) is 33.3 Å². The third kappa shape index (κ3) is 3.00. The maximum Gasteiger partial charge on any atom is 0.313 e. The van der Waals surface area contributed by atoms with E-state index in [1.807, 2.05) is 6.07 Å². The number of halogens is 2. The molecule has 2 N–H and O–H groups in total. The lowest BCUT2D eigenvalue weighted by atomic mass is 9.81. The molecular formula is C12H15BrClNO2. The topological polar surface area (TPSA) is 52.3 Å². The SMILES string of the molecule is COC(=O)C(C)(C)[C@@H](N)c1ccc(Cl)cc1Br. The van der Waals surface area contributed by atoms with E-state index in [1.165, 1.54) is 7.11 Å². The van der Waals surface area contributed by atoms with Gasteiger partial charge in [0, 0.05) is 15.5 Å². The van der Waals surface area contributed by atoms with Crippen molar-refractivity contribution in [2.24, 2.45) is 11.1 Å². The van der Waals surface area contributed by atoms with E-state index in [-0.39, 0.29) is 5.97 Å². The van der Waals surface area contributed by atoms with Crippen LogP contribution < -0.4 is 5.73 Å². The van der Waals surface area contributed by atoms with Gasteiger partial charge in [-0.1, -0.05) is 33.6 Å². The molecule has 0 saturated carbocycles. The van der Waals surface area contributed by atoms with Gasteiger partial charge in [0.15, 0.2) is 0 Å². The summed E-state index contributed by atoms with van der Waals surface area (Å²) in [6.45, 7) is 3.51. The van der Waals surface area contributed by atoms with Crippen molar-refractivity contribution in [2.75, 3.05) is 7.11 Å². The highest BCUT2D eigenvalue weighted by molar-refractivity contribution is 9.10. The fourth-order valence-corrected chi connectivity index (χ4v) is 2.46. The van der Waals surface area contributed by atoms with Crippen molar-refractivity contribution in [3.63, 3.8) is 0 Å². The summed E-state index contributed by atoms with van der Waals surface area (Å²) < 4.78 is 5.55. The van der Waals surface area contributed by atoms with E-state index in [1.54, 1.807) is 26.0 Å². The molecule has 0 heterocycles. The molecule has 0 aromatic heterocycles. The van der Waals surface area contributed by atoms with Crippen molar-refractivity contribution in [1.82, 2.24) is 0 Å². The van der Waals surface area contributed by atoms with Crippen LogP contribution in [0.4, 0.5) is 0 Å². The average molecular weight is 321 g/mol. The van der Waals surface area contributed by atoms with E-state index in [0.29, 0.717) is 5.02 Å². The Hall–Kier alpha value is -0.580. The molecule has 0 aliphatic rings. The number of rotatable bonds is 3. The lowest BCUT2D eigenvalue weighted by Crippen LogP contribution is -2.37. The molecule has 0 saturated heterocycles. The van der Waals surface area contributed by atoms with Crippen LogP contribution in [0.25, 0.3) is 0 Å². The van der Waals surface area contributed by atoms with Crippen LogP contribution in [0.2, 0.25) is 5.02 Å². The molecule has 1 atom stereocenters. The minimum absolute atomic E-state index is 0.341. The molecule has 1 aromatic carbocycles. The Bertz CT molecular complexity index is 435. The van der Waals surface area contributed by atoms with E-state index >= 15 is 0 Å². The van der Waals surface area contributed by atoms with E-state index in [9.17, 15) is 4.79 Å². The van der Waals surface area contributed by atoms with Gasteiger partial charge in [0.2, 0.25) is 0 Å². The molecule has 0 bridgehead atoms. The zero-order valence-corrected chi connectivity index (χ0v) is 12.3. The number of carbonyl (C=O) groups excluding carboxylic acids is 1. The Morgan fingerprint density at radius 2 is 2.12 bits per heavy atom. The number of carbonyl (C=O) groups is 1. The van der Waals surface area contributed by atoms with Gasteiger partial charge in [0.05, 0.1) is 12.5 Å². The van der Waals surface area contributed by atoms with Crippen molar-refractivity contribution in [3.8, 4) is 0 Å². The van der Waals surface area contributed by atoms with Gasteiger partial charge in [-0.05, 0) is 31.5 Å². The maximum atomic E-state index is 11.7. The second-order valence-corrected chi connectivity index (χ2v) is 5.65. The summed E-state index contributed by atoms with van der Waals surface area (Å²) in [5.74, 6) is -0.341. The van der Waals surface area contributed by atoms with Gasteiger partial charge in [-0.15, -0.1) is 0 Å². The third-order valence-corrected chi connectivity index (χ3v) is 3.71. The largest absolute Gasteiger partial charge is 0.469 e. The van der Waals surface area contributed by atoms with Crippen molar-refractivity contribution < 1.29 is 9.53 Å². The van der Waals surface area contributed by atoms with Gasteiger partial charge in [0.25, 0.3) is 0 Å². The quantitative estimate of drug-likeness (QED) is 0.869. The molecule has 3 nitrogen and oxygen atoms in total. The number of hydrogen-bond acceptors (Lipinski definition) is 3. The first-order valence-electron chi connectivity index (χ1n) is 5.09. The molecule has 0 fully saturated rings. The van der Waals surface area contributed by atoms with Gasteiger partial charge in [-0.3, -0.25) is 4.79 Å². The minimum atomic E-state index is -0.800. The molecule has 5 heteroatoms. The van der Waals surface area contributed by atoms with Crippen LogP contribution in [0.1, 0.15) is 25.5 Å². The van der Waals surface area contributed by atoms with E-state index < -0.39 is 11.5 Å². The first-order valence-corrected chi connectivity index (χ1v) is 6.26. The minimum Gasteiger partial charge on any atom is -0.469 e. The number of ether oxygens (including phenoxy) is 1. The Morgan fingerprint density at radius 3 is 2.59 bits per heavy atom. The van der Waals surface area contributed by atoms with Crippen LogP contribution in [-0.4, -0.2) is 13.1 Å². The fraction of sp³-hybridized carbons (Fsp3) is 0.417. The Kier molecular flexibility index (Phi) is 4.58. The maximum absolute atomic E-state index is 11.7. The molecule has 1 aromatic rings. The van der Waals surface area contributed by atoms with Crippen molar-refractivity contribution >= 4 is 33.5 Å². The monoisotopic (exact) mass is 319 g/mol. The highest BCUT2D eigenvalue weighted by atomic mass is 79.9. The predicted octanol–water partition coefficient (Wildman–Crippen LogP) is 3.30. The Balaban J connectivity index is 3.11. The highest BCUT2D eigenvalue weighted by Crippen LogP contribution is 2.36. The van der Waals surface area contributed by atoms with Crippen molar-refractivity contribution in [1.29, 1.82) is 0 Å². The Labute approximate surface area is 114 Å². The van der Waals surface area contributed by atoms with E-state index in [4.69, 9.17) is 22.1 Å². The van der Waals surface area contributed by atoms with E-state index in [2.05, 4.69) is 15.9 Å².